The Bertz CT molecular complexity index is 889. The summed E-state index contributed by atoms with van der Waals surface area (Å²) < 4.78 is 19.9. The lowest BCUT2D eigenvalue weighted by atomic mass is 9.71. The molecule has 3 N–H and O–H groups in total. The minimum Gasteiger partial charge on any atom is -0.453 e. The summed E-state index contributed by atoms with van der Waals surface area (Å²) >= 11 is 0. The van der Waals surface area contributed by atoms with Crippen LogP contribution in [0, 0.1) is 5.41 Å². The molecule has 2 fully saturated rings. The summed E-state index contributed by atoms with van der Waals surface area (Å²) in [7, 11) is 2.84. The molecule has 32 heavy (non-hydrogen) atoms. The highest BCUT2D eigenvalue weighted by Gasteiger charge is 2.54. The van der Waals surface area contributed by atoms with Crippen LogP contribution in [0.1, 0.15) is 51.9 Å². The number of Topliss-reactive ketones (excluding diaryl/α,β-unsaturated/α-hetero) is 1. The van der Waals surface area contributed by atoms with Crippen LogP contribution in [0.4, 0.5) is 15.0 Å². The number of anilines is 1. The van der Waals surface area contributed by atoms with Gasteiger partial charge in [-0.15, -0.1) is 0 Å². The summed E-state index contributed by atoms with van der Waals surface area (Å²) in [6.07, 6.45) is 3.09. The third-order valence-electron chi connectivity index (χ3n) is 6.40. The Morgan fingerprint density at radius 3 is 2.47 bits per heavy atom. The number of alkyl halides is 1. The molecule has 0 spiro atoms. The Kier molecular flexibility index (Phi) is 6.85. The number of ketones is 1. The Balaban J connectivity index is 1.73. The highest BCUT2D eigenvalue weighted by molar-refractivity contribution is 6.44. The minimum atomic E-state index is -1.66. The number of hydrogen-bond donors (Lipinski definition) is 3. The second kappa shape index (κ2) is 9.25. The standard InChI is InChI=1S/C21H30FN5O5/c1-20(7-4-5-8-20)12-14(23-19(31)32-3)17(29)25-21(10-13(22)11-21)16(28)18(30)24-15-6-9-27(2)26-15/h6,9,13-14H,4-5,7-8,10-12H2,1-3H3,(H,23,31)(H,25,29)(H,24,26,30)/t13-,14-,21-/m0/s1. The first-order valence-corrected chi connectivity index (χ1v) is 10.7. The third kappa shape index (κ3) is 5.25. The number of carbonyl (C=O) groups excluding carboxylic acids is 4. The van der Waals surface area contributed by atoms with E-state index < -0.39 is 41.4 Å². The average molecular weight is 451 g/mol. The summed E-state index contributed by atoms with van der Waals surface area (Å²) in [5, 5.41) is 11.4. The zero-order valence-electron chi connectivity index (χ0n) is 18.6. The fourth-order valence-electron chi connectivity index (χ4n) is 4.57. The van der Waals surface area contributed by atoms with Gasteiger partial charge >= 0.3 is 6.09 Å². The minimum absolute atomic E-state index is 0.154. The maximum absolute atomic E-state index is 13.8. The number of methoxy groups -OCH3 is 1. The summed E-state index contributed by atoms with van der Waals surface area (Å²) in [5.41, 5.74) is -1.82. The smallest absolute Gasteiger partial charge is 0.407 e. The molecule has 11 heteroatoms. The van der Waals surface area contributed by atoms with Crippen molar-refractivity contribution in [2.75, 3.05) is 12.4 Å². The molecule has 1 atom stereocenters. The number of rotatable bonds is 8. The maximum Gasteiger partial charge on any atom is 0.407 e. The van der Waals surface area contributed by atoms with Crippen molar-refractivity contribution < 1.29 is 28.3 Å². The van der Waals surface area contributed by atoms with Gasteiger partial charge in [0.15, 0.2) is 5.82 Å². The van der Waals surface area contributed by atoms with Gasteiger partial charge in [0.05, 0.1) is 7.11 Å². The Morgan fingerprint density at radius 1 is 1.28 bits per heavy atom. The summed E-state index contributed by atoms with van der Waals surface area (Å²) in [6, 6.07) is 0.529. The number of nitrogens with one attached hydrogen (secondary N) is 3. The Morgan fingerprint density at radius 2 is 1.94 bits per heavy atom. The molecule has 3 rings (SSSR count). The van der Waals surface area contributed by atoms with Gasteiger partial charge in [0.2, 0.25) is 11.7 Å². The molecule has 1 aromatic rings. The van der Waals surface area contributed by atoms with Gasteiger partial charge in [0.25, 0.3) is 5.91 Å². The molecule has 2 saturated carbocycles. The summed E-state index contributed by atoms with van der Waals surface area (Å²) in [6.45, 7) is 2.04. The van der Waals surface area contributed by atoms with E-state index in [1.54, 1.807) is 13.2 Å². The van der Waals surface area contributed by atoms with Crippen LogP contribution < -0.4 is 16.0 Å². The van der Waals surface area contributed by atoms with Gasteiger partial charge in [-0.25, -0.2) is 9.18 Å². The van der Waals surface area contributed by atoms with Crippen LogP contribution in [0.15, 0.2) is 12.3 Å². The van der Waals surface area contributed by atoms with Crippen LogP contribution in [-0.2, 0) is 26.2 Å². The van der Waals surface area contributed by atoms with Crippen LogP contribution >= 0.6 is 0 Å². The SMILES string of the molecule is COC(=O)N[C@@H](CC1(C)CCCC1)C(=O)N[C@]1(C(=O)C(=O)Nc2ccn(C)n2)C[C@@H](F)C1. The lowest BCUT2D eigenvalue weighted by Crippen LogP contribution is -2.68. The molecule has 0 radical (unpaired) electrons. The van der Waals surface area contributed by atoms with Crippen molar-refractivity contribution in [1.82, 2.24) is 20.4 Å². The van der Waals surface area contributed by atoms with Gasteiger partial charge in [0, 0.05) is 32.2 Å². The van der Waals surface area contributed by atoms with Crippen LogP contribution in [0.5, 0.6) is 0 Å². The molecule has 2 aliphatic carbocycles. The number of hydrogen-bond acceptors (Lipinski definition) is 6. The number of nitrogens with zero attached hydrogens (tertiary/aromatic N) is 2. The fraction of sp³-hybridized carbons (Fsp3) is 0.667. The predicted octanol–water partition coefficient (Wildman–Crippen LogP) is 1.61. The van der Waals surface area contributed by atoms with Crippen LogP contribution in [0.25, 0.3) is 0 Å². The van der Waals surface area contributed by atoms with Crippen molar-refractivity contribution in [3.63, 3.8) is 0 Å². The van der Waals surface area contributed by atoms with E-state index in [2.05, 4.69) is 25.8 Å². The number of aromatic nitrogens is 2. The average Bonchev–Trinajstić information content (AvgIpc) is 3.33. The monoisotopic (exact) mass is 451 g/mol. The van der Waals surface area contributed by atoms with E-state index in [0.717, 1.165) is 25.7 Å². The molecule has 0 bridgehead atoms. The van der Waals surface area contributed by atoms with E-state index in [0.29, 0.717) is 6.42 Å². The maximum atomic E-state index is 13.8. The molecular weight excluding hydrogens is 421 g/mol. The number of aryl methyl sites for hydroxylation is 1. The van der Waals surface area contributed by atoms with Gasteiger partial charge < -0.3 is 20.7 Å². The van der Waals surface area contributed by atoms with Crippen molar-refractivity contribution >= 4 is 29.5 Å². The molecule has 10 nitrogen and oxygen atoms in total. The van der Waals surface area contributed by atoms with Crippen molar-refractivity contribution in [1.29, 1.82) is 0 Å². The van der Waals surface area contributed by atoms with Gasteiger partial charge in [-0.05, 0) is 24.7 Å². The normalized spacial score (nSPS) is 24.7. The third-order valence-corrected chi connectivity index (χ3v) is 6.40. The first-order valence-electron chi connectivity index (χ1n) is 10.7. The molecule has 0 saturated heterocycles. The van der Waals surface area contributed by atoms with Crippen molar-refractivity contribution in [2.45, 2.75) is 69.6 Å². The molecular formula is C21H30FN5O5. The van der Waals surface area contributed by atoms with Crippen LogP contribution in [0.2, 0.25) is 0 Å². The zero-order chi connectivity index (χ0) is 23.5. The Hall–Kier alpha value is -2.98. The topological polar surface area (TPSA) is 131 Å². The number of alkyl carbamates (subject to hydrolysis) is 1. The van der Waals surface area contributed by atoms with Crippen LogP contribution in [-0.4, -0.2) is 58.3 Å². The largest absolute Gasteiger partial charge is 0.453 e. The van der Waals surface area contributed by atoms with E-state index in [-0.39, 0.29) is 24.1 Å². The molecule has 1 heterocycles. The van der Waals surface area contributed by atoms with E-state index in [9.17, 15) is 23.6 Å². The van der Waals surface area contributed by atoms with Crippen molar-refractivity contribution in [2.24, 2.45) is 12.5 Å². The lowest BCUT2D eigenvalue weighted by molar-refractivity contribution is -0.146. The number of amides is 3. The first kappa shape index (κ1) is 23.7. The first-order chi connectivity index (χ1) is 15.1. The molecule has 3 amide bonds. The van der Waals surface area contributed by atoms with Gasteiger partial charge in [-0.1, -0.05) is 19.8 Å². The number of halogens is 1. The number of carbonyl (C=O) groups is 4. The molecule has 0 aliphatic heterocycles. The molecule has 1 aromatic heterocycles. The van der Waals surface area contributed by atoms with E-state index in [4.69, 9.17) is 0 Å². The van der Waals surface area contributed by atoms with Crippen LogP contribution in [0.3, 0.4) is 0 Å². The molecule has 0 aromatic carbocycles. The van der Waals surface area contributed by atoms with Gasteiger partial charge in [-0.3, -0.25) is 19.1 Å². The molecule has 0 unspecified atom stereocenters. The highest BCUT2D eigenvalue weighted by Crippen LogP contribution is 2.42. The molecule has 2 aliphatic rings. The fourth-order valence-corrected chi connectivity index (χ4v) is 4.57. The van der Waals surface area contributed by atoms with Gasteiger partial charge in [-0.2, -0.15) is 5.10 Å². The summed E-state index contributed by atoms with van der Waals surface area (Å²) in [4.78, 5) is 50.4. The Labute approximate surface area is 185 Å². The van der Waals surface area contributed by atoms with Crippen molar-refractivity contribution in [3.8, 4) is 0 Å². The quantitative estimate of drug-likeness (QED) is 0.515. The van der Waals surface area contributed by atoms with E-state index in [1.807, 2.05) is 6.92 Å². The van der Waals surface area contributed by atoms with Crippen molar-refractivity contribution in [3.05, 3.63) is 12.3 Å². The summed E-state index contributed by atoms with van der Waals surface area (Å²) in [5.74, 6) is -2.41. The lowest BCUT2D eigenvalue weighted by Gasteiger charge is -2.43. The number of ether oxygens (including phenoxy) is 1. The van der Waals surface area contributed by atoms with Gasteiger partial charge in [0.1, 0.15) is 17.8 Å². The zero-order valence-corrected chi connectivity index (χ0v) is 18.6. The van der Waals surface area contributed by atoms with E-state index >= 15 is 0 Å². The second-order valence-corrected chi connectivity index (χ2v) is 9.15. The highest BCUT2D eigenvalue weighted by atomic mass is 19.1. The second-order valence-electron chi connectivity index (χ2n) is 9.15. The van der Waals surface area contributed by atoms with E-state index in [1.165, 1.54) is 17.9 Å². The predicted molar refractivity (Wildman–Crippen MR) is 112 cm³/mol. The molecule has 176 valence electrons.